The number of nitrogens with one attached hydrogen (secondary N) is 1. The molecule has 3 heterocycles. The van der Waals surface area contributed by atoms with Gasteiger partial charge in [0.05, 0.1) is 18.8 Å². The van der Waals surface area contributed by atoms with Gasteiger partial charge in [-0.05, 0) is 30.2 Å². The fraction of sp³-hybridized carbons (Fsp3) is 0.300. The smallest absolute Gasteiger partial charge is 0.275 e. The van der Waals surface area contributed by atoms with Crippen molar-refractivity contribution in [1.29, 1.82) is 0 Å². The second-order valence-corrected chi connectivity index (χ2v) is 9.40. The zero-order valence-corrected chi connectivity index (χ0v) is 17.2. The number of carbonyl (C=O) groups is 1. The van der Waals surface area contributed by atoms with Crippen LogP contribution in [-0.4, -0.2) is 47.0 Å². The number of para-hydroxylation sites is 1. The maximum atomic E-state index is 13.3. The topological polar surface area (TPSA) is 83.8 Å². The Hall–Kier alpha value is -2.85. The summed E-state index contributed by atoms with van der Waals surface area (Å²) in [6.45, 7) is 1.85. The van der Waals surface area contributed by atoms with E-state index in [-0.39, 0.29) is 28.2 Å². The normalized spacial score (nSPS) is 16.6. The number of sulfonamides is 1. The molecule has 0 bridgehead atoms. The first-order valence-corrected chi connectivity index (χ1v) is 10.8. The highest BCUT2D eigenvalue weighted by Crippen LogP contribution is 2.35. The number of halogens is 2. The monoisotopic (exact) mass is 434 g/mol. The van der Waals surface area contributed by atoms with Crippen LogP contribution in [0.3, 0.4) is 0 Å². The van der Waals surface area contributed by atoms with Gasteiger partial charge in [0.15, 0.2) is 5.03 Å². The zero-order valence-electron chi connectivity index (χ0n) is 16.3. The third-order valence-corrected chi connectivity index (χ3v) is 6.68. The average Bonchev–Trinajstić information content (AvgIpc) is 3.06. The number of imidazole rings is 1. The van der Waals surface area contributed by atoms with E-state index in [2.05, 4.69) is 10.3 Å². The van der Waals surface area contributed by atoms with Crippen molar-refractivity contribution in [2.24, 2.45) is 0 Å². The van der Waals surface area contributed by atoms with Crippen molar-refractivity contribution in [3.63, 3.8) is 0 Å². The van der Waals surface area contributed by atoms with E-state index >= 15 is 0 Å². The van der Waals surface area contributed by atoms with Gasteiger partial charge >= 0.3 is 0 Å². The van der Waals surface area contributed by atoms with Crippen LogP contribution in [0.15, 0.2) is 53.7 Å². The van der Waals surface area contributed by atoms with Crippen LogP contribution >= 0.6 is 0 Å². The van der Waals surface area contributed by atoms with Gasteiger partial charge in [0, 0.05) is 17.4 Å². The molecule has 1 N–H and O–H groups in total. The summed E-state index contributed by atoms with van der Waals surface area (Å²) in [4.78, 5) is 17.0. The molecular weight excluding hydrogens is 414 g/mol. The third-order valence-electron chi connectivity index (χ3n) is 4.85. The molecule has 0 saturated carbocycles. The standard InChI is InChI=1S/C20H20F2N4O3S/c1-13(2)17-19(30(28,29)25-11-20(21,22)12-25)26-9-8-14(10-16(26)24-17)18(27)23-15-6-4-3-5-7-15/h3-10,13H,11-12H2,1-2H3,(H,23,27). The molecule has 4 rings (SSSR count). The first-order valence-electron chi connectivity index (χ1n) is 9.35. The van der Waals surface area contributed by atoms with Crippen molar-refractivity contribution in [2.45, 2.75) is 30.7 Å². The van der Waals surface area contributed by atoms with E-state index in [0.717, 1.165) is 4.31 Å². The number of rotatable bonds is 5. The van der Waals surface area contributed by atoms with Crippen LogP contribution in [0.25, 0.3) is 5.65 Å². The number of alkyl halides is 2. The van der Waals surface area contributed by atoms with Gasteiger partial charge in [-0.2, -0.15) is 4.31 Å². The van der Waals surface area contributed by atoms with Crippen molar-refractivity contribution < 1.29 is 22.0 Å². The molecule has 0 aliphatic carbocycles. The number of anilines is 1. The van der Waals surface area contributed by atoms with Crippen LogP contribution in [0.1, 0.15) is 35.8 Å². The zero-order chi connectivity index (χ0) is 21.7. The van der Waals surface area contributed by atoms with Gasteiger partial charge in [-0.15, -0.1) is 0 Å². The van der Waals surface area contributed by atoms with Crippen LogP contribution in [0, 0.1) is 0 Å². The van der Waals surface area contributed by atoms with Crippen LogP contribution in [0.5, 0.6) is 0 Å². The number of nitrogens with zero attached hydrogens (tertiary/aromatic N) is 3. The number of hydrogen-bond donors (Lipinski definition) is 1. The molecule has 158 valence electrons. The summed E-state index contributed by atoms with van der Waals surface area (Å²) in [6.07, 6.45) is 1.43. The molecule has 0 radical (unpaired) electrons. The van der Waals surface area contributed by atoms with E-state index in [9.17, 15) is 22.0 Å². The molecule has 1 aliphatic rings. The Morgan fingerprint density at radius 3 is 2.43 bits per heavy atom. The number of benzene rings is 1. The average molecular weight is 434 g/mol. The maximum absolute atomic E-state index is 13.3. The van der Waals surface area contributed by atoms with Crippen molar-refractivity contribution >= 4 is 27.3 Å². The number of pyridine rings is 1. The molecule has 1 aliphatic heterocycles. The fourth-order valence-electron chi connectivity index (χ4n) is 3.30. The molecule has 0 atom stereocenters. The predicted octanol–water partition coefficient (Wildman–Crippen LogP) is 3.35. The van der Waals surface area contributed by atoms with E-state index in [1.807, 2.05) is 6.07 Å². The summed E-state index contributed by atoms with van der Waals surface area (Å²) in [5.41, 5.74) is 1.44. The molecule has 2 aromatic heterocycles. The molecule has 0 spiro atoms. The van der Waals surface area contributed by atoms with Gasteiger partial charge in [-0.3, -0.25) is 9.20 Å². The molecule has 1 aromatic carbocycles. The summed E-state index contributed by atoms with van der Waals surface area (Å²) in [7, 11) is -4.16. The number of fused-ring (bicyclic) bond motifs is 1. The summed E-state index contributed by atoms with van der Waals surface area (Å²) in [5.74, 6) is -3.66. The van der Waals surface area contributed by atoms with Crippen molar-refractivity contribution in [2.75, 3.05) is 18.4 Å². The first kappa shape index (κ1) is 20.4. The minimum absolute atomic E-state index is 0.141. The second-order valence-electron chi connectivity index (χ2n) is 7.55. The summed E-state index contributed by atoms with van der Waals surface area (Å²) in [6, 6.07) is 11.9. The largest absolute Gasteiger partial charge is 0.322 e. The van der Waals surface area contributed by atoms with Crippen molar-refractivity contribution in [3.05, 3.63) is 59.9 Å². The number of amides is 1. The summed E-state index contributed by atoms with van der Waals surface area (Å²) in [5, 5.41) is 2.62. The first-order chi connectivity index (χ1) is 14.1. The maximum Gasteiger partial charge on any atom is 0.275 e. The lowest BCUT2D eigenvalue weighted by Gasteiger charge is -2.37. The lowest BCUT2D eigenvalue weighted by atomic mass is 10.2. The highest BCUT2D eigenvalue weighted by atomic mass is 32.2. The second kappa shape index (κ2) is 7.13. The van der Waals surface area contributed by atoms with Gasteiger partial charge in [-0.25, -0.2) is 22.2 Å². The summed E-state index contributed by atoms with van der Waals surface area (Å²) >= 11 is 0. The molecule has 30 heavy (non-hydrogen) atoms. The highest BCUT2D eigenvalue weighted by molar-refractivity contribution is 7.89. The van der Waals surface area contributed by atoms with Crippen LogP contribution in [0.4, 0.5) is 14.5 Å². The summed E-state index contributed by atoms with van der Waals surface area (Å²) < 4.78 is 54.7. The molecule has 1 saturated heterocycles. The third kappa shape index (κ3) is 3.56. The quantitative estimate of drug-likeness (QED) is 0.668. The minimum Gasteiger partial charge on any atom is -0.322 e. The number of carbonyl (C=O) groups excluding carboxylic acids is 1. The van der Waals surface area contributed by atoms with Crippen LogP contribution in [-0.2, 0) is 10.0 Å². The van der Waals surface area contributed by atoms with Crippen molar-refractivity contribution in [3.8, 4) is 0 Å². The Balaban J connectivity index is 1.73. The molecular formula is C20H20F2N4O3S. The molecule has 3 aromatic rings. The number of aromatic nitrogens is 2. The SMILES string of the molecule is CC(C)c1nc2cc(C(=O)Nc3ccccc3)ccn2c1S(=O)(=O)N1CC(F)(F)C1. The van der Waals surface area contributed by atoms with E-state index in [4.69, 9.17) is 0 Å². The van der Waals surface area contributed by atoms with E-state index in [0.29, 0.717) is 11.3 Å². The van der Waals surface area contributed by atoms with Gasteiger partial charge in [0.2, 0.25) is 0 Å². The van der Waals surface area contributed by atoms with E-state index < -0.39 is 29.0 Å². The fourth-order valence-corrected chi connectivity index (χ4v) is 5.21. The van der Waals surface area contributed by atoms with Gasteiger partial charge < -0.3 is 5.32 Å². The van der Waals surface area contributed by atoms with Crippen LogP contribution < -0.4 is 5.32 Å². The van der Waals surface area contributed by atoms with Gasteiger partial charge in [0.1, 0.15) is 5.65 Å². The molecule has 0 unspecified atom stereocenters. The minimum atomic E-state index is -4.16. The highest BCUT2D eigenvalue weighted by Gasteiger charge is 2.51. The Labute approximate surface area is 172 Å². The lowest BCUT2D eigenvalue weighted by molar-refractivity contribution is -0.0946. The van der Waals surface area contributed by atoms with E-state index in [1.54, 1.807) is 38.1 Å². The Bertz CT molecular complexity index is 1220. The Morgan fingerprint density at radius 2 is 1.83 bits per heavy atom. The predicted molar refractivity (Wildman–Crippen MR) is 107 cm³/mol. The molecule has 1 amide bonds. The molecule has 7 nitrogen and oxygen atoms in total. The molecule has 10 heteroatoms. The Morgan fingerprint density at radius 1 is 1.17 bits per heavy atom. The Kier molecular flexibility index (Phi) is 4.86. The van der Waals surface area contributed by atoms with Crippen molar-refractivity contribution in [1.82, 2.24) is 13.7 Å². The molecule has 1 fully saturated rings. The van der Waals surface area contributed by atoms with Crippen LogP contribution in [0.2, 0.25) is 0 Å². The number of hydrogen-bond acceptors (Lipinski definition) is 4. The van der Waals surface area contributed by atoms with Gasteiger partial charge in [0.25, 0.3) is 21.9 Å². The van der Waals surface area contributed by atoms with Gasteiger partial charge in [-0.1, -0.05) is 32.0 Å². The lowest BCUT2D eigenvalue weighted by Crippen LogP contribution is -2.58. The van der Waals surface area contributed by atoms with E-state index in [1.165, 1.54) is 22.7 Å².